The molecule has 2 N–H and O–H groups in total. The number of benzene rings is 2. The lowest BCUT2D eigenvalue weighted by Gasteiger charge is -2.31. The molecule has 0 saturated carbocycles. The molecule has 1 aliphatic heterocycles. The number of carboxylic acid groups (broad SMARTS) is 1. The number of hydrogen-bond acceptors (Lipinski definition) is 4. The van der Waals surface area contributed by atoms with Crippen molar-refractivity contribution in [2.24, 2.45) is 0 Å². The van der Waals surface area contributed by atoms with Gasteiger partial charge in [0.1, 0.15) is 28.7 Å². The van der Waals surface area contributed by atoms with E-state index in [4.69, 9.17) is 9.52 Å². The van der Waals surface area contributed by atoms with Gasteiger partial charge in [0.15, 0.2) is 0 Å². The molecule has 1 saturated heterocycles. The van der Waals surface area contributed by atoms with Crippen molar-refractivity contribution in [3.63, 3.8) is 0 Å². The van der Waals surface area contributed by atoms with Gasteiger partial charge in [0.25, 0.3) is 11.8 Å². The van der Waals surface area contributed by atoms with Gasteiger partial charge in [-0.2, -0.15) is 0 Å². The first-order chi connectivity index (χ1) is 18.1. The summed E-state index contributed by atoms with van der Waals surface area (Å²) < 4.78 is 61.6. The zero-order valence-electron chi connectivity index (χ0n) is 19.8. The molecule has 1 fully saturated rings. The highest BCUT2D eigenvalue weighted by Gasteiger charge is 2.36. The Kier molecular flexibility index (Phi) is 6.52. The summed E-state index contributed by atoms with van der Waals surface area (Å²) in [5, 5.41) is 11.6. The average molecular weight is 527 g/mol. The van der Waals surface area contributed by atoms with Gasteiger partial charge in [0, 0.05) is 48.6 Å². The largest absolute Gasteiger partial charge is 0.465 e. The number of fused-ring (bicyclic) bond motifs is 1. The molecule has 2 aromatic carbocycles. The number of nitrogens with one attached hydrogen (secondary N) is 1. The minimum atomic E-state index is -2.82. The highest BCUT2D eigenvalue weighted by atomic mass is 19.3. The Bertz CT molecular complexity index is 1530. The third kappa shape index (κ3) is 5.17. The van der Waals surface area contributed by atoms with Crippen LogP contribution in [0.4, 0.5) is 22.4 Å². The third-order valence-electron chi connectivity index (χ3n) is 6.38. The molecule has 196 valence electrons. The number of halogens is 4. The summed E-state index contributed by atoms with van der Waals surface area (Å²) in [5.74, 6) is -4.33. The zero-order chi connectivity index (χ0) is 27.0. The zero-order valence-corrected chi connectivity index (χ0v) is 19.8. The van der Waals surface area contributed by atoms with Crippen molar-refractivity contribution in [3.8, 4) is 22.4 Å². The molecule has 11 heteroatoms. The van der Waals surface area contributed by atoms with E-state index < -0.39 is 42.4 Å². The van der Waals surface area contributed by atoms with E-state index in [1.165, 1.54) is 35.4 Å². The Morgan fingerprint density at radius 3 is 2.39 bits per heavy atom. The number of rotatable bonds is 5. The van der Waals surface area contributed by atoms with Gasteiger partial charge < -0.3 is 19.7 Å². The van der Waals surface area contributed by atoms with E-state index in [0.29, 0.717) is 33.4 Å². The molecule has 2 amide bonds. The molecule has 0 atom stereocenters. The number of nitrogens with zero attached hydrogens (tertiary/aromatic N) is 2. The van der Waals surface area contributed by atoms with E-state index in [9.17, 15) is 22.8 Å². The first-order valence-corrected chi connectivity index (χ1v) is 11.7. The molecule has 5 rings (SSSR count). The molecule has 3 heterocycles. The SMILES string of the molecule is O=C(O)NCc1cc2cc(-c3ncc(C(=O)N4CCC(F)(F)CC4)cc3F)cc(-c3ccc(F)cc3)c2o1. The van der Waals surface area contributed by atoms with Gasteiger partial charge in [-0.25, -0.2) is 22.4 Å². The third-order valence-corrected chi connectivity index (χ3v) is 6.38. The van der Waals surface area contributed by atoms with Crippen LogP contribution in [-0.4, -0.2) is 46.0 Å². The van der Waals surface area contributed by atoms with Gasteiger partial charge in [0.05, 0.1) is 12.1 Å². The van der Waals surface area contributed by atoms with E-state index in [1.807, 2.05) is 0 Å². The van der Waals surface area contributed by atoms with Crippen LogP contribution in [0.15, 0.2) is 59.1 Å². The summed E-state index contributed by atoms with van der Waals surface area (Å²) >= 11 is 0. The second-order valence-electron chi connectivity index (χ2n) is 9.02. The topological polar surface area (TPSA) is 95.7 Å². The standard InChI is InChI=1S/C27H21F4N3O4/c28-19-3-1-15(2-4-19)21-11-16(9-17-10-20(38-24(17)21)14-33-26(36)37)23-22(29)12-18(13-32-23)25(35)34-7-5-27(30,31)6-8-34/h1-4,9-13,33H,5-8,14H2,(H,36,37). The molecule has 0 bridgehead atoms. The molecule has 0 aliphatic carbocycles. The molecule has 7 nitrogen and oxygen atoms in total. The number of hydrogen-bond donors (Lipinski definition) is 2. The quantitative estimate of drug-likeness (QED) is 0.307. The predicted octanol–water partition coefficient (Wildman–Crippen LogP) is 6.08. The Balaban J connectivity index is 1.52. The normalized spacial score (nSPS) is 15.0. The van der Waals surface area contributed by atoms with Crippen LogP contribution < -0.4 is 5.32 Å². The van der Waals surface area contributed by atoms with Crippen LogP contribution in [0, 0.1) is 11.6 Å². The maximum Gasteiger partial charge on any atom is 0.405 e. The number of amides is 2. The molecule has 0 unspecified atom stereocenters. The second-order valence-corrected chi connectivity index (χ2v) is 9.02. The molecule has 0 spiro atoms. The molecular weight excluding hydrogens is 506 g/mol. The van der Waals surface area contributed by atoms with E-state index in [-0.39, 0.29) is 30.9 Å². The number of alkyl halides is 2. The summed E-state index contributed by atoms with van der Waals surface area (Å²) in [4.78, 5) is 29.1. The van der Waals surface area contributed by atoms with Crippen molar-refractivity contribution in [2.45, 2.75) is 25.3 Å². The number of carbonyl (C=O) groups excluding carboxylic acids is 1. The molecule has 38 heavy (non-hydrogen) atoms. The number of carbonyl (C=O) groups is 2. The lowest BCUT2D eigenvalue weighted by Crippen LogP contribution is -2.42. The Morgan fingerprint density at radius 2 is 1.74 bits per heavy atom. The second kappa shape index (κ2) is 9.81. The summed E-state index contributed by atoms with van der Waals surface area (Å²) in [6, 6.07) is 11.4. The fourth-order valence-electron chi connectivity index (χ4n) is 4.42. The molecule has 4 aromatic rings. The van der Waals surface area contributed by atoms with Gasteiger partial charge in [0.2, 0.25) is 0 Å². The Hall–Kier alpha value is -4.41. The first kappa shape index (κ1) is 25.2. The van der Waals surface area contributed by atoms with Crippen molar-refractivity contribution >= 4 is 23.0 Å². The number of likely N-dealkylation sites (tertiary alicyclic amines) is 1. The van der Waals surface area contributed by atoms with Gasteiger partial charge in [-0.3, -0.25) is 9.78 Å². The highest BCUT2D eigenvalue weighted by Crippen LogP contribution is 2.36. The van der Waals surface area contributed by atoms with Crippen LogP contribution in [0.1, 0.15) is 29.0 Å². The number of pyridine rings is 1. The first-order valence-electron chi connectivity index (χ1n) is 11.7. The Labute approximate surface area is 213 Å². The molecule has 2 aromatic heterocycles. The minimum absolute atomic E-state index is 0.0540. The van der Waals surface area contributed by atoms with Crippen LogP contribution in [0.3, 0.4) is 0 Å². The smallest absolute Gasteiger partial charge is 0.405 e. The van der Waals surface area contributed by atoms with Crippen LogP contribution in [0.5, 0.6) is 0 Å². The maximum atomic E-state index is 15.3. The number of furan rings is 1. The fraction of sp³-hybridized carbons (Fsp3) is 0.222. The van der Waals surface area contributed by atoms with E-state index in [0.717, 1.165) is 6.07 Å². The lowest BCUT2D eigenvalue weighted by molar-refractivity contribution is -0.0494. The van der Waals surface area contributed by atoms with Crippen LogP contribution in [-0.2, 0) is 6.54 Å². The van der Waals surface area contributed by atoms with Crippen molar-refractivity contribution in [2.75, 3.05) is 13.1 Å². The predicted molar refractivity (Wildman–Crippen MR) is 130 cm³/mol. The van der Waals surface area contributed by atoms with E-state index in [1.54, 1.807) is 18.2 Å². The lowest BCUT2D eigenvalue weighted by atomic mass is 9.98. The van der Waals surface area contributed by atoms with E-state index in [2.05, 4.69) is 10.3 Å². The maximum absolute atomic E-state index is 15.3. The monoisotopic (exact) mass is 527 g/mol. The van der Waals surface area contributed by atoms with Gasteiger partial charge in [-0.05, 0) is 42.0 Å². The Morgan fingerprint density at radius 1 is 1.03 bits per heavy atom. The van der Waals surface area contributed by atoms with Crippen molar-refractivity contribution in [3.05, 3.63) is 77.7 Å². The van der Waals surface area contributed by atoms with Crippen LogP contribution in [0.2, 0.25) is 0 Å². The van der Waals surface area contributed by atoms with Gasteiger partial charge in [-0.1, -0.05) is 12.1 Å². The van der Waals surface area contributed by atoms with Crippen molar-refractivity contribution in [1.82, 2.24) is 15.2 Å². The van der Waals surface area contributed by atoms with Gasteiger partial charge >= 0.3 is 6.09 Å². The summed E-state index contributed by atoms with van der Waals surface area (Å²) in [6.07, 6.45) is -0.933. The fourth-order valence-corrected chi connectivity index (χ4v) is 4.42. The number of piperidine rings is 1. The summed E-state index contributed by atoms with van der Waals surface area (Å²) in [5.41, 5.74) is 1.67. The minimum Gasteiger partial charge on any atom is -0.465 e. The van der Waals surface area contributed by atoms with E-state index >= 15 is 4.39 Å². The van der Waals surface area contributed by atoms with Gasteiger partial charge in [-0.15, -0.1) is 0 Å². The number of aromatic nitrogens is 1. The highest BCUT2D eigenvalue weighted by molar-refractivity contribution is 5.97. The van der Waals surface area contributed by atoms with Crippen LogP contribution in [0.25, 0.3) is 33.4 Å². The average Bonchev–Trinajstić information content (AvgIpc) is 3.30. The molecule has 0 radical (unpaired) electrons. The molecule has 1 aliphatic rings. The van der Waals surface area contributed by atoms with Crippen LogP contribution >= 0.6 is 0 Å². The van der Waals surface area contributed by atoms with Crippen molar-refractivity contribution in [1.29, 1.82) is 0 Å². The van der Waals surface area contributed by atoms with Crippen molar-refractivity contribution < 1.29 is 36.7 Å². The summed E-state index contributed by atoms with van der Waals surface area (Å²) in [6.45, 7) is -0.368. The summed E-state index contributed by atoms with van der Waals surface area (Å²) in [7, 11) is 0. The molecular formula is C27H21F4N3O4.